The lowest BCUT2D eigenvalue weighted by molar-refractivity contribution is -0.131. The molecule has 122 valence electrons. The molecule has 0 aliphatic carbocycles. The van der Waals surface area contributed by atoms with E-state index in [0.29, 0.717) is 6.04 Å². The minimum Gasteiger partial charge on any atom is -0.497 e. The maximum absolute atomic E-state index is 12.3. The van der Waals surface area contributed by atoms with Gasteiger partial charge in [-0.25, -0.2) is 0 Å². The van der Waals surface area contributed by atoms with E-state index in [1.54, 1.807) is 18.9 Å². The van der Waals surface area contributed by atoms with E-state index in [1.807, 2.05) is 37.3 Å². The molecule has 0 N–H and O–H groups in total. The van der Waals surface area contributed by atoms with Crippen molar-refractivity contribution in [3.63, 3.8) is 0 Å². The van der Waals surface area contributed by atoms with Crippen molar-refractivity contribution in [2.45, 2.75) is 31.1 Å². The van der Waals surface area contributed by atoms with Crippen LogP contribution >= 0.6 is 11.8 Å². The molecule has 1 aliphatic rings. The Morgan fingerprint density at radius 1 is 1.32 bits per heavy atom. The number of hydrogen-bond donors (Lipinski definition) is 0. The molecule has 0 spiro atoms. The van der Waals surface area contributed by atoms with Gasteiger partial charge in [-0.3, -0.25) is 4.79 Å². The summed E-state index contributed by atoms with van der Waals surface area (Å²) < 4.78 is 5.20. The van der Waals surface area contributed by atoms with Gasteiger partial charge in [0.25, 0.3) is 0 Å². The fraction of sp³-hybridized carbons (Fsp3) is 0.588. The molecule has 0 bridgehead atoms. The van der Waals surface area contributed by atoms with E-state index in [1.165, 1.54) is 5.69 Å². The van der Waals surface area contributed by atoms with E-state index in [4.69, 9.17) is 4.74 Å². The van der Waals surface area contributed by atoms with Gasteiger partial charge in [-0.2, -0.15) is 11.8 Å². The fourth-order valence-electron chi connectivity index (χ4n) is 2.87. The molecule has 1 fully saturated rings. The van der Waals surface area contributed by atoms with Crippen LogP contribution in [0.2, 0.25) is 0 Å². The number of piperidine rings is 1. The van der Waals surface area contributed by atoms with Crippen LogP contribution in [0.4, 0.5) is 5.69 Å². The quantitative estimate of drug-likeness (QED) is 0.834. The van der Waals surface area contributed by atoms with Crippen LogP contribution in [-0.4, -0.2) is 55.6 Å². The van der Waals surface area contributed by atoms with Gasteiger partial charge >= 0.3 is 0 Å². The molecular formula is C17H26N2O2S. The number of carbonyl (C=O) groups excluding carboxylic acids is 1. The van der Waals surface area contributed by atoms with Crippen LogP contribution in [0.25, 0.3) is 0 Å². The summed E-state index contributed by atoms with van der Waals surface area (Å²) >= 11 is 1.61. The molecular weight excluding hydrogens is 296 g/mol. The zero-order valence-electron chi connectivity index (χ0n) is 13.9. The Morgan fingerprint density at radius 2 is 1.91 bits per heavy atom. The van der Waals surface area contributed by atoms with E-state index < -0.39 is 0 Å². The van der Waals surface area contributed by atoms with Crippen LogP contribution in [0, 0.1) is 0 Å². The Balaban J connectivity index is 1.90. The van der Waals surface area contributed by atoms with Crippen molar-refractivity contribution in [3.05, 3.63) is 24.3 Å². The van der Waals surface area contributed by atoms with Crippen LogP contribution in [-0.2, 0) is 4.79 Å². The molecule has 1 aromatic carbocycles. The number of anilines is 1. The van der Waals surface area contributed by atoms with Gasteiger partial charge in [-0.15, -0.1) is 0 Å². The van der Waals surface area contributed by atoms with Crippen molar-refractivity contribution in [1.29, 1.82) is 0 Å². The third-order valence-corrected chi connectivity index (χ3v) is 5.41. The molecule has 0 radical (unpaired) electrons. The summed E-state index contributed by atoms with van der Waals surface area (Å²) in [5.74, 6) is 1.13. The number of carbonyl (C=O) groups is 1. The lowest BCUT2D eigenvalue weighted by atomic mass is 10.0. The fourth-order valence-corrected chi connectivity index (χ4v) is 3.24. The number of hydrogen-bond acceptors (Lipinski definition) is 4. The predicted octanol–water partition coefficient (Wildman–Crippen LogP) is 2.87. The molecule has 0 unspecified atom stereocenters. The number of ether oxygens (including phenoxy) is 1. The highest BCUT2D eigenvalue weighted by atomic mass is 32.2. The summed E-state index contributed by atoms with van der Waals surface area (Å²) in [6, 6.07) is 8.55. The van der Waals surface area contributed by atoms with Crippen molar-refractivity contribution in [3.8, 4) is 5.75 Å². The van der Waals surface area contributed by atoms with Crippen LogP contribution in [0.1, 0.15) is 19.8 Å². The minimum atomic E-state index is 0.0459. The number of nitrogens with zero attached hydrogens (tertiary/aromatic N) is 2. The second-order valence-electron chi connectivity index (χ2n) is 5.74. The van der Waals surface area contributed by atoms with Crippen molar-refractivity contribution in [2.75, 3.05) is 38.4 Å². The molecule has 1 aliphatic heterocycles. The molecule has 0 saturated carbocycles. The standard InChI is InChI=1S/C17H26N2O2S/c1-13(22-4)17(20)18(2)14-9-11-19(12-10-14)15-5-7-16(21-3)8-6-15/h5-8,13-14H,9-12H2,1-4H3/t13-/m0/s1. The SMILES string of the molecule is COc1ccc(N2CCC(N(C)C(=O)[C@H](C)SC)CC2)cc1. The lowest BCUT2D eigenvalue weighted by Crippen LogP contribution is -2.47. The average Bonchev–Trinajstić information content (AvgIpc) is 2.60. The van der Waals surface area contributed by atoms with E-state index in [9.17, 15) is 4.79 Å². The molecule has 1 aromatic rings. The van der Waals surface area contributed by atoms with Gasteiger partial charge in [0.1, 0.15) is 5.75 Å². The molecule has 0 aromatic heterocycles. The normalized spacial score (nSPS) is 17.2. The highest BCUT2D eigenvalue weighted by molar-refractivity contribution is 7.99. The maximum atomic E-state index is 12.3. The summed E-state index contributed by atoms with van der Waals surface area (Å²) in [7, 11) is 3.63. The highest BCUT2D eigenvalue weighted by Gasteiger charge is 2.27. The maximum Gasteiger partial charge on any atom is 0.235 e. The molecule has 5 heteroatoms. The highest BCUT2D eigenvalue weighted by Crippen LogP contribution is 2.25. The monoisotopic (exact) mass is 322 g/mol. The van der Waals surface area contributed by atoms with Crippen LogP contribution in [0.5, 0.6) is 5.75 Å². The zero-order valence-corrected chi connectivity index (χ0v) is 14.7. The number of thioether (sulfide) groups is 1. The summed E-state index contributed by atoms with van der Waals surface area (Å²) in [5.41, 5.74) is 1.23. The van der Waals surface area contributed by atoms with Crippen LogP contribution in [0.3, 0.4) is 0 Å². The van der Waals surface area contributed by atoms with E-state index in [0.717, 1.165) is 31.7 Å². The molecule has 1 heterocycles. The van der Waals surface area contributed by atoms with Gasteiger partial charge in [0.15, 0.2) is 0 Å². The number of methoxy groups -OCH3 is 1. The molecule has 1 atom stereocenters. The minimum absolute atomic E-state index is 0.0459. The first-order valence-corrected chi connectivity index (χ1v) is 9.04. The first-order chi connectivity index (χ1) is 10.6. The topological polar surface area (TPSA) is 32.8 Å². The molecule has 2 rings (SSSR count). The lowest BCUT2D eigenvalue weighted by Gasteiger charge is -2.38. The number of rotatable bonds is 5. The van der Waals surface area contributed by atoms with Gasteiger partial charge in [0.2, 0.25) is 5.91 Å². The molecule has 1 amide bonds. The number of amides is 1. The average molecular weight is 322 g/mol. The van der Waals surface area contributed by atoms with Crippen molar-refractivity contribution < 1.29 is 9.53 Å². The summed E-state index contributed by atoms with van der Waals surface area (Å²) in [5, 5.41) is 0.0459. The summed E-state index contributed by atoms with van der Waals surface area (Å²) in [6.07, 6.45) is 4.04. The smallest absolute Gasteiger partial charge is 0.235 e. The zero-order chi connectivity index (χ0) is 16.1. The summed E-state index contributed by atoms with van der Waals surface area (Å²) in [4.78, 5) is 16.6. The second-order valence-corrected chi connectivity index (χ2v) is 6.92. The Kier molecular flexibility index (Phi) is 6.00. The predicted molar refractivity (Wildman–Crippen MR) is 94.0 cm³/mol. The van der Waals surface area contributed by atoms with Crippen molar-refractivity contribution in [1.82, 2.24) is 4.90 Å². The second kappa shape index (κ2) is 7.77. The molecule has 22 heavy (non-hydrogen) atoms. The molecule has 1 saturated heterocycles. The van der Waals surface area contributed by atoms with E-state index in [2.05, 4.69) is 17.0 Å². The Labute approximate surface area is 137 Å². The third kappa shape index (κ3) is 3.88. The molecule has 4 nitrogen and oxygen atoms in total. The van der Waals surface area contributed by atoms with Crippen molar-refractivity contribution >= 4 is 23.4 Å². The van der Waals surface area contributed by atoms with Gasteiger partial charge in [0, 0.05) is 31.9 Å². The largest absolute Gasteiger partial charge is 0.497 e. The number of benzene rings is 1. The van der Waals surface area contributed by atoms with Crippen molar-refractivity contribution in [2.24, 2.45) is 0 Å². The first-order valence-electron chi connectivity index (χ1n) is 7.75. The van der Waals surface area contributed by atoms with Gasteiger partial charge in [0.05, 0.1) is 12.4 Å². The summed E-state index contributed by atoms with van der Waals surface area (Å²) in [6.45, 7) is 3.96. The first kappa shape index (κ1) is 17.0. The van der Waals surface area contributed by atoms with E-state index >= 15 is 0 Å². The van der Waals surface area contributed by atoms with Gasteiger partial charge in [-0.1, -0.05) is 0 Å². The Morgan fingerprint density at radius 3 is 2.41 bits per heavy atom. The van der Waals surface area contributed by atoms with Crippen LogP contribution in [0.15, 0.2) is 24.3 Å². The third-order valence-electron chi connectivity index (χ3n) is 4.50. The van der Waals surface area contributed by atoms with Gasteiger partial charge in [-0.05, 0) is 50.3 Å². The van der Waals surface area contributed by atoms with Crippen LogP contribution < -0.4 is 9.64 Å². The van der Waals surface area contributed by atoms with Gasteiger partial charge < -0.3 is 14.5 Å². The Hall–Kier alpha value is -1.36. The van der Waals surface area contributed by atoms with E-state index in [-0.39, 0.29) is 11.2 Å². The Bertz CT molecular complexity index is 484.